The van der Waals surface area contributed by atoms with Gasteiger partial charge in [-0.2, -0.15) is 0 Å². The number of benzene rings is 1. The minimum atomic E-state index is -0.0343. The molecule has 4 nitrogen and oxygen atoms in total. The lowest BCUT2D eigenvalue weighted by Gasteiger charge is -2.28. The number of amides is 1. The second-order valence-electron chi connectivity index (χ2n) is 4.83. The number of nitrogens with one attached hydrogen (secondary N) is 2. The van der Waals surface area contributed by atoms with Crippen molar-refractivity contribution in [3.63, 3.8) is 0 Å². The van der Waals surface area contributed by atoms with Crippen molar-refractivity contribution in [1.82, 2.24) is 10.6 Å². The van der Waals surface area contributed by atoms with E-state index in [0.29, 0.717) is 0 Å². The lowest BCUT2D eigenvalue weighted by molar-refractivity contribution is -0.127. The van der Waals surface area contributed by atoms with Crippen LogP contribution < -0.4 is 15.4 Å². The molecule has 1 aromatic rings. The number of hydrogen-bond donors (Lipinski definition) is 2. The molecule has 1 aliphatic heterocycles. The maximum atomic E-state index is 11.9. The highest BCUT2D eigenvalue weighted by Crippen LogP contribution is 2.26. The molecule has 4 heteroatoms. The minimum absolute atomic E-state index is 0.0343. The fraction of sp³-hybridized carbons (Fsp3) is 0.500. The van der Waals surface area contributed by atoms with Gasteiger partial charge in [-0.15, -0.1) is 0 Å². The Labute approximate surface area is 108 Å². The van der Waals surface area contributed by atoms with E-state index >= 15 is 0 Å². The molecule has 0 bridgehead atoms. The van der Waals surface area contributed by atoms with Gasteiger partial charge in [0, 0.05) is 18.7 Å². The van der Waals surface area contributed by atoms with Gasteiger partial charge in [0.25, 0.3) is 0 Å². The fourth-order valence-electron chi connectivity index (χ4n) is 2.08. The molecule has 1 heterocycles. The highest BCUT2D eigenvalue weighted by atomic mass is 16.5. The Balaban J connectivity index is 2.09. The average molecular weight is 248 g/mol. The van der Waals surface area contributed by atoms with Crippen LogP contribution in [-0.4, -0.2) is 26.1 Å². The normalized spacial score (nSPS) is 16.8. The number of ether oxygens (including phenoxy) is 1. The maximum Gasteiger partial charge on any atom is 0.226 e. The summed E-state index contributed by atoms with van der Waals surface area (Å²) in [6.07, 6.45) is 0. The van der Waals surface area contributed by atoms with Gasteiger partial charge in [0.15, 0.2) is 0 Å². The lowest BCUT2D eigenvalue weighted by Crippen LogP contribution is -2.51. The van der Waals surface area contributed by atoms with E-state index in [2.05, 4.69) is 16.7 Å². The summed E-state index contributed by atoms with van der Waals surface area (Å²) in [7, 11) is 1.65. The van der Waals surface area contributed by atoms with Crippen LogP contribution in [0.1, 0.15) is 24.1 Å². The molecule has 0 saturated carbocycles. The highest BCUT2D eigenvalue weighted by molar-refractivity contribution is 5.80. The monoisotopic (exact) mass is 248 g/mol. The van der Waals surface area contributed by atoms with Crippen LogP contribution in [0.25, 0.3) is 0 Å². The predicted molar refractivity (Wildman–Crippen MR) is 70.6 cm³/mol. The maximum absolute atomic E-state index is 11.9. The van der Waals surface area contributed by atoms with Crippen LogP contribution in [-0.2, 0) is 4.79 Å². The number of methoxy groups -OCH3 is 1. The van der Waals surface area contributed by atoms with Crippen LogP contribution in [0.5, 0.6) is 5.75 Å². The SMILES string of the molecule is COc1ccc(C)cc1C(C)NC(=O)C1CNC1. The summed E-state index contributed by atoms with van der Waals surface area (Å²) in [6.45, 7) is 5.58. The van der Waals surface area contributed by atoms with E-state index in [9.17, 15) is 4.79 Å². The van der Waals surface area contributed by atoms with Crippen LogP contribution in [0.4, 0.5) is 0 Å². The molecule has 2 N–H and O–H groups in total. The van der Waals surface area contributed by atoms with Gasteiger partial charge >= 0.3 is 0 Å². The number of aryl methyl sites for hydroxylation is 1. The van der Waals surface area contributed by atoms with Crippen molar-refractivity contribution < 1.29 is 9.53 Å². The van der Waals surface area contributed by atoms with Crippen molar-refractivity contribution in [2.75, 3.05) is 20.2 Å². The summed E-state index contributed by atoms with van der Waals surface area (Å²) in [4.78, 5) is 11.9. The highest BCUT2D eigenvalue weighted by Gasteiger charge is 2.26. The van der Waals surface area contributed by atoms with Crippen LogP contribution in [0.2, 0.25) is 0 Å². The Kier molecular flexibility index (Phi) is 3.87. The zero-order chi connectivity index (χ0) is 13.1. The lowest BCUT2D eigenvalue weighted by atomic mass is 10.00. The van der Waals surface area contributed by atoms with Crippen LogP contribution in [0, 0.1) is 12.8 Å². The summed E-state index contributed by atoms with van der Waals surface area (Å²) in [5, 5.41) is 6.14. The van der Waals surface area contributed by atoms with Crippen molar-refractivity contribution in [3.05, 3.63) is 29.3 Å². The summed E-state index contributed by atoms with van der Waals surface area (Å²) >= 11 is 0. The van der Waals surface area contributed by atoms with Gasteiger partial charge < -0.3 is 15.4 Å². The van der Waals surface area contributed by atoms with E-state index < -0.39 is 0 Å². The first-order chi connectivity index (χ1) is 8.61. The Bertz CT molecular complexity index is 441. The number of carbonyl (C=O) groups is 1. The van der Waals surface area contributed by atoms with Crippen molar-refractivity contribution >= 4 is 5.91 Å². The molecule has 0 aromatic heterocycles. The van der Waals surface area contributed by atoms with Gasteiger partial charge in [-0.3, -0.25) is 4.79 Å². The van der Waals surface area contributed by atoms with E-state index in [0.717, 1.165) is 30.0 Å². The van der Waals surface area contributed by atoms with E-state index in [1.54, 1.807) is 7.11 Å². The molecule has 0 aliphatic carbocycles. The zero-order valence-electron chi connectivity index (χ0n) is 11.1. The molecule has 1 unspecified atom stereocenters. The number of rotatable bonds is 4. The van der Waals surface area contributed by atoms with Gasteiger partial charge in [-0.05, 0) is 19.9 Å². The van der Waals surface area contributed by atoms with Crippen molar-refractivity contribution in [2.45, 2.75) is 19.9 Å². The third kappa shape index (κ3) is 2.64. The standard InChI is InChI=1S/C14H20N2O2/c1-9-4-5-13(18-3)12(6-9)10(2)16-14(17)11-7-15-8-11/h4-6,10-11,15H,7-8H2,1-3H3,(H,16,17). The Morgan fingerprint density at radius 3 is 2.78 bits per heavy atom. The Morgan fingerprint density at radius 1 is 1.50 bits per heavy atom. The molecule has 2 rings (SSSR count). The summed E-state index contributed by atoms with van der Waals surface area (Å²) in [5.41, 5.74) is 2.19. The second-order valence-corrected chi connectivity index (χ2v) is 4.83. The minimum Gasteiger partial charge on any atom is -0.496 e. The number of hydrogen-bond acceptors (Lipinski definition) is 3. The Hall–Kier alpha value is -1.55. The largest absolute Gasteiger partial charge is 0.496 e. The first-order valence-corrected chi connectivity index (χ1v) is 6.27. The summed E-state index contributed by atoms with van der Waals surface area (Å²) in [5.74, 6) is 1.05. The molecule has 1 amide bonds. The molecule has 1 aliphatic rings. The molecule has 0 radical (unpaired) electrons. The van der Waals surface area contributed by atoms with Crippen molar-refractivity contribution in [3.8, 4) is 5.75 Å². The van der Waals surface area contributed by atoms with Gasteiger partial charge in [0.2, 0.25) is 5.91 Å². The molecule has 18 heavy (non-hydrogen) atoms. The summed E-state index contributed by atoms with van der Waals surface area (Å²) < 4.78 is 5.34. The second kappa shape index (κ2) is 5.40. The molecule has 0 spiro atoms. The quantitative estimate of drug-likeness (QED) is 0.847. The average Bonchev–Trinajstić information content (AvgIpc) is 2.26. The third-order valence-corrected chi connectivity index (χ3v) is 3.36. The molecular formula is C14H20N2O2. The molecule has 1 fully saturated rings. The van der Waals surface area contributed by atoms with Crippen molar-refractivity contribution in [1.29, 1.82) is 0 Å². The third-order valence-electron chi connectivity index (χ3n) is 3.36. The van der Waals surface area contributed by atoms with E-state index in [-0.39, 0.29) is 17.9 Å². The fourth-order valence-corrected chi connectivity index (χ4v) is 2.08. The molecule has 1 saturated heterocycles. The van der Waals surface area contributed by atoms with E-state index in [4.69, 9.17) is 4.74 Å². The van der Waals surface area contributed by atoms with Crippen LogP contribution in [0.15, 0.2) is 18.2 Å². The van der Waals surface area contributed by atoms with Gasteiger partial charge in [-0.25, -0.2) is 0 Å². The first kappa shape index (κ1) is 12.9. The zero-order valence-corrected chi connectivity index (χ0v) is 11.1. The van der Waals surface area contributed by atoms with Crippen LogP contribution >= 0.6 is 0 Å². The Morgan fingerprint density at radius 2 is 2.22 bits per heavy atom. The molecular weight excluding hydrogens is 228 g/mol. The molecule has 98 valence electrons. The van der Waals surface area contributed by atoms with Crippen molar-refractivity contribution in [2.24, 2.45) is 5.92 Å². The topological polar surface area (TPSA) is 50.4 Å². The van der Waals surface area contributed by atoms with E-state index in [1.165, 1.54) is 0 Å². The van der Waals surface area contributed by atoms with E-state index in [1.807, 2.05) is 26.0 Å². The summed E-state index contributed by atoms with van der Waals surface area (Å²) in [6, 6.07) is 5.97. The predicted octanol–water partition coefficient (Wildman–Crippen LogP) is 1.40. The van der Waals surface area contributed by atoms with Gasteiger partial charge in [0.05, 0.1) is 19.1 Å². The molecule has 1 atom stereocenters. The van der Waals surface area contributed by atoms with Gasteiger partial charge in [0.1, 0.15) is 5.75 Å². The smallest absolute Gasteiger partial charge is 0.226 e. The van der Waals surface area contributed by atoms with Gasteiger partial charge in [-0.1, -0.05) is 17.7 Å². The van der Waals surface area contributed by atoms with Crippen LogP contribution in [0.3, 0.4) is 0 Å². The number of carbonyl (C=O) groups excluding carboxylic acids is 1. The first-order valence-electron chi connectivity index (χ1n) is 6.27. The molecule has 1 aromatic carbocycles.